The molecule has 0 aliphatic heterocycles. The zero-order chi connectivity index (χ0) is 18.7. The van der Waals surface area contributed by atoms with Crippen LogP contribution in [0.2, 0.25) is 0 Å². The van der Waals surface area contributed by atoms with Crippen LogP contribution in [0, 0.1) is 5.41 Å². The molecule has 7 nitrogen and oxygen atoms in total. The van der Waals surface area contributed by atoms with Crippen molar-refractivity contribution in [3.63, 3.8) is 0 Å². The molecule has 0 spiro atoms. The number of hydrogen-bond donors (Lipinski definition) is 5. The maximum atomic E-state index is 12.7. The van der Waals surface area contributed by atoms with Crippen LogP contribution in [0.25, 0.3) is 10.8 Å². The summed E-state index contributed by atoms with van der Waals surface area (Å²) in [4.78, 5) is 16.6. The summed E-state index contributed by atoms with van der Waals surface area (Å²) in [5.74, 6) is -0.466. The van der Waals surface area contributed by atoms with Crippen molar-refractivity contribution in [3.05, 3.63) is 71.8 Å². The van der Waals surface area contributed by atoms with E-state index in [1.807, 2.05) is 30.3 Å². The molecular formula is C19H18N6O. The Morgan fingerprint density at radius 2 is 1.69 bits per heavy atom. The van der Waals surface area contributed by atoms with E-state index in [-0.39, 0.29) is 17.7 Å². The van der Waals surface area contributed by atoms with Crippen molar-refractivity contribution < 1.29 is 4.79 Å². The van der Waals surface area contributed by atoms with Crippen LogP contribution >= 0.6 is 0 Å². The van der Waals surface area contributed by atoms with E-state index in [0.717, 1.165) is 10.8 Å². The molecule has 0 fully saturated rings. The first-order chi connectivity index (χ1) is 12.4. The first-order valence-electron chi connectivity index (χ1n) is 7.82. The lowest BCUT2D eigenvalue weighted by atomic mass is 10.0. The fourth-order valence-electron chi connectivity index (χ4n) is 2.63. The average molecular weight is 346 g/mol. The number of rotatable bonds is 4. The third-order valence-corrected chi connectivity index (χ3v) is 3.79. The van der Waals surface area contributed by atoms with Crippen molar-refractivity contribution in [1.29, 1.82) is 5.41 Å². The van der Waals surface area contributed by atoms with Gasteiger partial charge in [0.15, 0.2) is 5.96 Å². The zero-order valence-corrected chi connectivity index (χ0v) is 13.9. The summed E-state index contributed by atoms with van der Waals surface area (Å²) in [5, 5.41) is 12.3. The fourth-order valence-corrected chi connectivity index (χ4v) is 2.63. The smallest absolute Gasteiger partial charge is 0.255 e. The van der Waals surface area contributed by atoms with Gasteiger partial charge in [-0.2, -0.15) is 0 Å². The van der Waals surface area contributed by atoms with Gasteiger partial charge in [-0.15, -0.1) is 0 Å². The van der Waals surface area contributed by atoms with Crippen molar-refractivity contribution in [1.82, 2.24) is 0 Å². The van der Waals surface area contributed by atoms with Crippen molar-refractivity contribution in [2.24, 2.45) is 22.2 Å². The Kier molecular flexibility index (Phi) is 4.53. The number of nitrogens with one attached hydrogen (secondary N) is 2. The molecule has 26 heavy (non-hydrogen) atoms. The highest BCUT2D eigenvalue weighted by Gasteiger charge is 2.11. The number of nitrogen functional groups attached to an aromatic ring is 1. The molecule has 1 amide bonds. The minimum Gasteiger partial charge on any atom is -0.384 e. The molecule has 130 valence electrons. The molecule has 0 unspecified atom stereocenters. The quantitative estimate of drug-likeness (QED) is 0.364. The van der Waals surface area contributed by atoms with Crippen molar-refractivity contribution in [2.75, 3.05) is 5.32 Å². The van der Waals surface area contributed by atoms with Crippen LogP contribution in [0.3, 0.4) is 0 Å². The lowest BCUT2D eigenvalue weighted by Crippen LogP contribution is -2.22. The second kappa shape index (κ2) is 6.94. The Labute approximate surface area is 150 Å². The number of anilines is 1. The Morgan fingerprint density at radius 1 is 0.923 bits per heavy atom. The van der Waals surface area contributed by atoms with Gasteiger partial charge in [-0.1, -0.05) is 30.3 Å². The molecule has 0 radical (unpaired) electrons. The molecular weight excluding hydrogens is 328 g/mol. The second-order valence-electron chi connectivity index (χ2n) is 5.70. The molecule has 3 rings (SSSR count). The predicted octanol–water partition coefficient (Wildman–Crippen LogP) is 2.28. The monoisotopic (exact) mass is 346 g/mol. The van der Waals surface area contributed by atoms with Gasteiger partial charge in [-0.05, 0) is 35.7 Å². The minimum absolute atomic E-state index is 0.0685. The van der Waals surface area contributed by atoms with Crippen LogP contribution in [0.1, 0.15) is 15.9 Å². The van der Waals surface area contributed by atoms with Gasteiger partial charge >= 0.3 is 0 Å². The van der Waals surface area contributed by atoms with Crippen molar-refractivity contribution in [2.45, 2.75) is 0 Å². The van der Waals surface area contributed by atoms with E-state index in [2.05, 4.69) is 10.3 Å². The molecule has 0 aliphatic carbocycles. The first kappa shape index (κ1) is 17.0. The van der Waals surface area contributed by atoms with Gasteiger partial charge in [0.2, 0.25) is 0 Å². The van der Waals surface area contributed by atoms with Gasteiger partial charge < -0.3 is 22.5 Å². The number of carbonyl (C=O) groups excluding carboxylic acids is 1. The highest BCUT2D eigenvalue weighted by Crippen LogP contribution is 2.26. The molecule has 0 aliphatic rings. The lowest BCUT2D eigenvalue weighted by molar-refractivity contribution is 0.102. The third-order valence-electron chi connectivity index (χ3n) is 3.79. The Balaban J connectivity index is 1.99. The van der Waals surface area contributed by atoms with Crippen LogP contribution in [0.4, 0.5) is 11.4 Å². The highest BCUT2D eigenvalue weighted by molar-refractivity contribution is 6.11. The number of amidine groups is 1. The number of hydrogen-bond acceptors (Lipinski definition) is 3. The molecule has 0 heterocycles. The van der Waals surface area contributed by atoms with Crippen LogP contribution in [-0.2, 0) is 0 Å². The van der Waals surface area contributed by atoms with E-state index in [9.17, 15) is 4.79 Å². The van der Waals surface area contributed by atoms with Crippen LogP contribution in [0.5, 0.6) is 0 Å². The van der Waals surface area contributed by atoms with Gasteiger partial charge in [-0.3, -0.25) is 10.2 Å². The topological polar surface area (TPSA) is 143 Å². The average Bonchev–Trinajstić information content (AvgIpc) is 2.61. The Morgan fingerprint density at radius 3 is 2.42 bits per heavy atom. The van der Waals surface area contributed by atoms with Crippen LogP contribution in [-0.4, -0.2) is 17.7 Å². The highest BCUT2D eigenvalue weighted by atomic mass is 16.1. The molecule has 3 aromatic carbocycles. The summed E-state index contributed by atoms with van der Waals surface area (Å²) in [6.07, 6.45) is 0. The van der Waals surface area contributed by atoms with Crippen LogP contribution in [0.15, 0.2) is 65.7 Å². The molecule has 0 atom stereocenters. The summed E-state index contributed by atoms with van der Waals surface area (Å²) < 4.78 is 0. The Bertz CT molecular complexity index is 1040. The van der Waals surface area contributed by atoms with E-state index in [1.165, 1.54) is 0 Å². The van der Waals surface area contributed by atoms with E-state index >= 15 is 0 Å². The molecule has 3 aromatic rings. The number of amides is 1. The SMILES string of the molecule is N=C(N)c1cc(NC(=O)c2cccc(N=C(N)N)c2)c2ccccc2c1. The lowest BCUT2D eigenvalue weighted by Gasteiger charge is -2.11. The first-order valence-corrected chi connectivity index (χ1v) is 7.82. The molecule has 8 N–H and O–H groups in total. The molecule has 7 heteroatoms. The summed E-state index contributed by atoms with van der Waals surface area (Å²) in [6, 6.07) is 17.7. The van der Waals surface area contributed by atoms with E-state index < -0.39 is 0 Å². The number of aliphatic imine (C=N–C) groups is 1. The van der Waals surface area contributed by atoms with E-state index in [4.69, 9.17) is 22.6 Å². The Hall–Kier alpha value is -3.87. The van der Waals surface area contributed by atoms with Crippen molar-refractivity contribution in [3.8, 4) is 0 Å². The molecule has 0 aromatic heterocycles. The molecule has 0 saturated carbocycles. The van der Waals surface area contributed by atoms with Crippen molar-refractivity contribution >= 4 is 39.8 Å². The zero-order valence-electron chi connectivity index (χ0n) is 13.9. The maximum Gasteiger partial charge on any atom is 0.255 e. The molecule has 0 bridgehead atoms. The fraction of sp³-hybridized carbons (Fsp3) is 0. The van der Waals surface area contributed by atoms with E-state index in [1.54, 1.807) is 30.3 Å². The third kappa shape index (κ3) is 3.62. The van der Waals surface area contributed by atoms with Gasteiger partial charge in [-0.25, -0.2) is 4.99 Å². The largest absolute Gasteiger partial charge is 0.384 e. The normalized spacial score (nSPS) is 10.3. The number of nitrogens with zero attached hydrogens (tertiary/aromatic N) is 1. The standard InChI is InChI=1S/C19H18N6O/c20-17(21)13-8-11-4-1-2-7-15(11)16(10-13)25-18(26)12-5-3-6-14(9-12)24-19(22)23/h1-10H,(H3,20,21)(H,25,26)(H4,22,23,24). The van der Waals surface area contributed by atoms with E-state index in [0.29, 0.717) is 22.5 Å². The summed E-state index contributed by atoms with van der Waals surface area (Å²) in [5.41, 5.74) is 18.4. The summed E-state index contributed by atoms with van der Waals surface area (Å²) in [7, 11) is 0. The summed E-state index contributed by atoms with van der Waals surface area (Å²) in [6.45, 7) is 0. The second-order valence-corrected chi connectivity index (χ2v) is 5.70. The number of nitrogens with two attached hydrogens (primary N) is 3. The number of carbonyl (C=O) groups is 1. The van der Waals surface area contributed by atoms with Gasteiger partial charge in [0, 0.05) is 22.2 Å². The number of benzene rings is 3. The minimum atomic E-state index is -0.316. The number of fused-ring (bicyclic) bond motifs is 1. The van der Waals surface area contributed by atoms with Gasteiger partial charge in [0.25, 0.3) is 5.91 Å². The maximum absolute atomic E-state index is 12.7. The predicted molar refractivity (Wildman–Crippen MR) is 105 cm³/mol. The van der Waals surface area contributed by atoms with Crippen LogP contribution < -0.4 is 22.5 Å². The number of guanidine groups is 1. The van der Waals surface area contributed by atoms with Gasteiger partial charge in [0.1, 0.15) is 5.84 Å². The molecule has 0 saturated heterocycles. The van der Waals surface area contributed by atoms with Gasteiger partial charge in [0.05, 0.1) is 5.69 Å². The summed E-state index contributed by atoms with van der Waals surface area (Å²) >= 11 is 0.